The topological polar surface area (TPSA) is 169 Å². The van der Waals surface area contributed by atoms with Crippen molar-refractivity contribution >= 4 is 25.5 Å². The number of aliphatic hydroxyl groups excluding tert-OH is 2. The highest BCUT2D eigenvalue weighted by molar-refractivity contribution is 7.45. The van der Waals surface area contributed by atoms with Gasteiger partial charge in [-0.1, -0.05) is 134 Å². The number of Topliss-reactive ketones (excluding diaryl/α,β-unsaturated/α-hetero) is 1. The van der Waals surface area contributed by atoms with Gasteiger partial charge in [-0.3, -0.25) is 18.9 Å². The van der Waals surface area contributed by atoms with E-state index in [-0.39, 0.29) is 44.2 Å². The summed E-state index contributed by atoms with van der Waals surface area (Å²) in [5.41, 5.74) is 0. The summed E-state index contributed by atoms with van der Waals surface area (Å²) in [5, 5.41) is 20.8. The highest BCUT2D eigenvalue weighted by atomic mass is 31.2. The molecular formula is C48H86NO11P. The summed E-state index contributed by atoms with van der Waals surface area (Å²) >= 11 is 0. The third-order valence-corrected chi connectivity index (χ3v) is 12.0. The highest BCUT2D eigenvalue weighted by Gasteiger charge is 2.39. The van der Waals surface area contributed by atoms with Gasteiger partial charge in [-0.25, -0.2) is 0 Å². The Morgan fingerprint density at radius 1 is 0.787 bits per heavy atom. The molecule has 1 aliphatic carbocycles. The molecule has 0 saturated heterocycles. The molecule has 0 aromatic carbocycles. The van der Waals surface area contributed by atoms with Gasteiger partial charge < -0.3 is 38.1 Å². The first-order chi connectivity index (χ1) is 29.2. The fourth-order valence-electron chi connectivity index (χ4n) is 7.24. The van der Waals surface area contributed by atoms with Crippen LogP contribution < -0.4 is 4.89 Å². The van der Waals surface area contributed by atoms with Crippen LogP contribution in [0, 0.1) is 11.8 Å². The largest absolute Gasteiger partial charge is 0.756 e. The summed E-state index contributed by atoms with van der Waals surface area (Å²) in [7, 11) is 1.01. The number of aliphatic hydroxyl groups is 2. The van der Waals surface area contributed by atoms with E-state index in [2.05, 4.69) is 38.2 Å². The van der Waals surface area contributed by atoms with Gasteiger partial charge >= 0.3 is 11.9 Å². The molecule has 1 fully saturated rings. The molecule has 1 rings (SSSR count). The van der Waals surface area contributed by atoms with E-state index >= 15 is 0 Å². The molecule has 0 spiro atoms. The van der Waals surface area contributed by atoms with Crippen molar-refractivity contribution in [3.05, 3.63) is 36.5 Å². The number of allylic oxidation sites excluding steroid dienone is 5. The first-order valence-electron chi connectivity index (χ1n) is 23.8. The lowest BCUT2D eigenvalue weighted by molar-refractivity contribution is -0.870. The van der Waals surface area contributed by atoms with E-state index in [9.17, 15) is 34.1 Å². The van der Waals surface area contributed by atoms with Crippen molar-refractivity contribution in [1.82, 2.24) is 0 Å². The summed E-state index contributed by atoms with van der Waals surface area (Å²) in [6, 6.07) is 0. The van der Waals surface area contributed by atoms with Crippen molar-refractivity contribution in [2.45, 2.75) is 193 Å². The zero-order valence-corrected chi connectivity index (χ0v) is 39.7. The Labute approximate surface area is 370 Å². The molecule has 0 heterocycles. The van der Waals surface area contributed by atoms with Gasteiger partial charge in [0.15, 0.2) is 6.10 Å². The molecule has 13 heteroatoms. The highest BCUT2D eigenvalue weighted by Crippen LogP contribution is 2.38. The van der Waals surface area contributed by atoms with Gasteiger partial charge in [0, 0.05) is 25.2 Å². The van der Waals surface area contributed by atoms with Crippen LogP contribution in [-0.4, -0.2) is 98.2 Å². The molecule has 0 aromatic rings. The van der Waals surface area contributed by atoms with E-state index in [1.807, 2.05) is 21.1 Å². The van der Waals surface area contributed by atoms with Crippen molar-refractivity contribution in [1.29, 1.82) is 0 Å². The summed E-state index contributed by atoms with van der Waals surface area (Å²) in [6.45, 7) is 3.82. The van der Waals surface area contributed by atoms with Gasteiger partial charge in [0.1, 0.15) is 25.5 Å². The third kappa shape index (κ3) is 32.2. The molecule has 354 valence electrons. The molecule has 0 aromatic heterocycles. The fraction of sp³-hybridized carbons (Fsp3) is 0.812. The second-order valence-electron chi connectivity index (χ2n) is 17.9. The molecule has 0 aliphatic heterocycles. The van der Waals surface area contributed by atoms with Crippen LogP contribution in [0.5, 0.6) is 0 Å². The van der Waals surface area contributed by atoms with Crippen LogP contribution in [0.1, 0.15) is 174 Å². The van der Waals surface area contributed by atoms with Gasteiger partial charge in [0.2, 0.25) is 0 Å². The smallest absolute Gasteiger partial charge is 0.306 e. The molecule has 61 heavy (non-hydrogen) atoms. The number of hydrogen-bond donors (Lipinski definition) is 2. The predicted molar refractivity (Wildman–Crippen MR) is 241 cm³/mol. The number of hydrogen-bond acceptors (Lipinski definition) is 11. The van der Waals surface area contributed by atoms with Crippen LogP contribution in [0.25, 0.3) is 0 Å². The standard InChI is InChI=1S/C48H86NO11P/c1-6-8-10-11-12-13-14-15-16-17-18-19-20-21-22-23-28-32-47(53)57-39-42(40-59-61(55,56)58-37-36-49(3,4)5)60-48(54)33-29-25-24-27-31-43-44(46(52)38-45(43)51)35-34-41(50)30-26-9-7-2/h12-13,15-16,34-35,41-45,50-51H,6-11,14,17-33,36-40H2,1-5H3/b13-12-,16-15-,35-34+/t41-,42+,43+,44+,45-/m0/s1. The summed E-state index contributed by atoms with van der Waals surface area (Å²) in [6.07, 6.45) is 32.1. The molecule has 1 unspecified atom stereocenters. The van der Waals surface area contributed by atoms with Gasteiger partial charge in [0.05, 0.1) is 40.0 Å². The van der Waals surface area contributed by atoms with Crippen LogP contribution in [0.15, 0.2) is 36.5 Å². The van der Waals surface area contributed by atoms with Crippen LogP contribution in [-0.2, 0) is 37.5 Å². The Morgan fingerprint density at radius 2 is 1.36 bits per heavy atom. The minimum atomic E-state index is -4.70. The number of phosphoric ester groups is 1. The summed E-state index contributed by atoms with van der Waals surface area (Å²) < 4.78 is 33.9. The normalized spacial score (nSPS) is 19.3. The van der Waals surface area contributed by atoms with E-state index in [0.29, 0.717) is 43.1 Å². The predicted octanol–water partition coefficient (Wildman–Crippen LogP) is 9.65. The Kier molecular flexibility index (Phi) is 32.8. The van der Waals surface area contributed by atoms with Crippen molar-refractivity contribution in [3.63, 3.8) is 0 Å². The molecule has 0 amide bonds. The molecule has 2 N–H and O–H groups in total. The number of likely N-dealkylation sites (N-methyl/N-ethyl adjacent to an activating group) is 1. The Balaban J connectivity index is 2.45. The molecule has 6 atom stereocenters. The number of rotatable bonds is 39. The molecule has 1 saturated carbocycles. The SMILES string of the molecule is CCCCC/C=C\C/C=C\CCCCCCCCCC(=O)OC[C@H](COP(=O)([O-])OCC[N+](C)(C)C)OC(=O)CCCCCC[C@H]1[C@@H](O)CC(=O)[C@@H]1/C=C/[C@@H](O)CCCCC. The third-order valence-electron chi connectivity index (χ3n) is 11.0. The first-order valence-corrected chi connectivity index (χ1v) is 25.3. The molecular weight excluding hydrogens is 797 g/mol. The number of ketones is 1. The molecule has 12 nitrogen and oxygen atoms in total. The lowest BCUT2D eigenvalue weighted by atomic mass is 9.88. The minimum absolute atomic E-state index is 0.00191. The van der Waals surface area contributed by atoms with Crippen molar-refractivity contribution in [2.75, 3.05) is 47.5 Å². The lowest BCUT2D eigenvalue weighted by Gasteiger charge is -2.28. The Hall–Kier alpha value is -2.18. The lowest BCUT2D eigenvalue weighted by Crippen LogP contribution is -2.37. The maximum atomic E-state index is 12.8. The average Bonchev–Trinajstić information content (AvgIpc) is 3.47. The Bertz CT molecular complexity index is 1300. The average molecular weight is 884 g/mol. The fourth-order valence-corrected chi connectivity index (χ4v) is 7.96. The van der Waals surface area contributed by atoms with E-state index in [0.717, 1.165) is 64.2 Å². The number of quaternary nitrogens is 1. The summed E-state index contributed by atoms with van der Waals surface area (Å²) in [4.78, 5) is 50.4. The minimum Gasteiger partial charge on any atom is -0.756 e. The quantitative estimate of drug-likeness (QED) is 0.0198. The van der Waals surface area contributed by atoms with Gasteiger partial charge in [0.25, 0.3) is 7.82 Å². The maximum Gasteiger partial charge on any atom is 0.306 e. The zero-order chi connectivity index (χ0) is 45.2. The van der Waals surface area contributed by atoms with Crippen molar-refractivity contribution in [3.8, 4) is 0 Å². The van der Waals surface area contributed by atoms with Crippen molar-refractivity contribution in [2.24, 2.45) is 11.8 Å². The van der Waals surface area contributed by atoms with Crippen LogP contribution >= 0.6 is 7.82 Å². The van der Waals surface area contributed by atoms with E-state index in [4.69, 9.17) is 18.5 Å². The number of carbonyl (C=O) groups is 3. The molecule has 0 radical (unpaired) electrons. The number of carbonyl (C=O) groups excluding carboxylic acids is 3. The zero-order valence-electron chi connectivity index (χ0n) is 38.8. The molecule has 1 aliphatic rings. The second-order valence-corrected chi connectivity index (χ2v) is 19.3. The van der Waals surface area contributed by atoms with E-state index in [1.165, 1.54) is 44.9 Å². The van der Waals surface area contributed by atoms with E-state index < -0.39 is 50.6 Å². The monoisotopic (exact) mass is 884 g/mol. The number of ether oxygens (including phenoxy) is 2. The number of unbranched alkanes of at least 4 members (excludes halogenated alkanes) is 15. The van der Waals surface area contributed by atoms with Gasteiger partial charge in [-0.15, -0.1) is 0 Å². The summed E-state index contributed by atoms with van der Waals surface area (Å²) in [5.74, 6) is -1.60. The molecule has 0 bridgehead atoms. The van der Waals surface area contributed by atoms with Crippen LogP contribution in [0.4, 0.5) is 0 Å². The van der Waals surface area contributed by atoms with Crippen LogP contribution in [0.3, 0.4) is 0 Å². The van der Waals surface area contributed by atoms with Gasteiger partial charge in [-0.05, 0) is 63.7 Å². The Morgan fingerprint density at radius 3 is 2.00 bits per heavy atom. The van der Waals surface area contributed by atoms with Gasteiger partial charge in [-0.2, -0.15) is 0 Å². The number of nitrogens with zero attached hydrogens (tertiary/aromatic N) is 1. The number of phosphoric acid groups is 1. The maximum absolute atomic E-state index is 12.8. The van der Waals surface area contributed by atoms with Crippen molar-refractivity contribution < 1.29 is 57.1 Å². The first kappa shape index (κ1) is 56.8. The van der Waals surface area contributed by atoms with Crippen LogP contribution in [0.2, 0.25) is 0 Å². The van der Waals surface area contributed by atoms with E-state index in [1.54, 1.807) is 12.2 Å². The number of esters is 2. The second kappa shape index (κ2) is 35.2.